The lowest BCUT2D eigenvalue weighted by molar-refractivity contribution is 0.0935. The number of nitrogens with one attached hydrogen (secondary N) is 1. The predicted octanol–water partition coefficient (Wildman–Crippen LogP) is 5.87. The molecule has 0 radical (unpaired) electrons. The number of methoxy groups -OCH3 is 1. The third-order valence-electron chi connectivity index (χ3n) is 6.09. The first-order valence-corrected chi connectivity index (χ1v) is 11.5. The van der Waals surface area contributed by atoms with E-state index in [-0.39, 0.29) is 11.9 Å². The summed E-state index contributed by atoms with van der Waals surface area (Å²) >= 11 is 0. The number of nitrogens with zero attached hydrogens (tertiary/aromatic N) is 3. The second-order valence-electron chi connectivity index (χ2n) is 8.42. The highest BCUT2D eigenvalue weighted by Crippen LogP contribution is 2.31. The van der Waals surface area contributed by atoms with Crippen LogP contribution in [-0.2, 0) is 0 Å². The van der Waals surface area contributed by atoms with Crippen LogP contribution in [0.1, 0.15) is 34.7 Å². The fourth-order valence-electron chi connectivity index (χ4n) is 4.25. The Morgan fingerprint density at radius 1 is 0.914 bits per heavy atom. The van der Waals surface area contributed by atoms with Crippen LogP contribution in [0, 0.1) is 6.92 Å². The van der Waals surface area contributed by atoms with Gasteiger partial charge in [-0.25, -0.2) is 9.50 Å². The molecule has 0 saturated heterocycles. The third-order valence-corrected chi connectivity index (χ3v) is 6.09. The van der Waals surface area contributed by atoms with Crippen LogP contribution < -0.4 is 10.1 Å². The number of benzene rings is 3. The van der Waals surface area contributed by atoms with Crippen molar-refractivity contribution in [1.82, 2.24) is 19.9 Å². The van der Waals surface area contributed by atoms with E-state index < -0.39 is 0 Å². The van der Waals surface area contributed by atoms with Crippen molar-refractivity contribution in [1.29, 1.82) is 0 Å². The number of carbonyl (C=O) groups is 1. The molecular formula is C29H26N4O2. The van der Waals surface area contributed by atoms with Gasteiger partial charge >= 0.3 is 0 Å². The standard InChI is InChI=1S/C29H26N4O2/c1-19(21-10-6-4-7-11-21)30-29(34)25-18-26(22-14-16-24(35-3)17-15-22)33-28(31-25)27(20(2)32-33)23-12-8-5-9-13-23/h4-19H,1-3H3,(H,30,34)/t19-/m0/s1. The van der Waals surface area contributed by atoms with E-state index in [1.807, 2.05) is 103 Å². The molecule has 5 aromatic rings. The highest BCUT2D eigenvalue weighted by molar-refractivity contribution is 5.95. The van der Waals surface area contributed by atoms with Crippen molar-refractivity contribution in [2.24, 2.45) is 0 Å². The molecule has 0 unspecified atom stereocenters. The molecule has 1 amide bonds. The van der Waals surface area contributed by atoms with E-state index in [1.165, 1.54) is 0 Å². The Morgan fingerprint density at radius 3 is 2.23 bits per heavy atom. The van der Waals surface area contributed by atoms with Gasteiger partial charge < -0.3 is 10.1 Å². The molecule has 5 rings (SSSR count). The van der Waals surface area contributed by atoms with Crippen molar-refractivity contribution in [2.45, 2.75) is 19.9 Å². The van der Waals surface area contributed by atoms with Crippen molar-refractivity contribution in [2.75, 3.05) is 7.11 Å². The quantitative estimate of drug-likeness (QED) is 0.343. The summed E-state index contributed by atoms with van der Waals surface area (Å²) in [4.78, 5) is 18.2. The minimum Gasteiger partial charge on any atom is -0.497 e. The number of fused-ring (bicyclic) bond motifs is 1. The Hall–Kier alpha value is -4.45. The fourth-order valence-corrected chi connectivity index (χ4v) is 4.25. The van der Waals surface area contributed by atoms with Gasteiger partial charge in [0.1, 0.15) is 11.4 Å². The number of hydrogen-bond acceptors (Lipinski definition) is 4. The summed E-state index contributed by atoms with van der Waals surface area (Å²) in [5, 5.41) is 7.90. The predicted molar refractivity (Wildman–Crippen MR) is 137 cm³/mol. The monoisotopic (exact) mass is 462 g/mol. The van der Waals surface area contributed by atoms with Crippen LogP contribution in [-0.4, -0.2) is 27.6 Å². The van der Waals surface area contributed by atoms with Crippen molar-refractivity contribution in [3.8, 4) is 28.1 Å². The van der Waals surface area contributed by atoms with Gasteiger partial charge in [0.2, 0.25) is 0 Å². The molecule has 35 heavy (non-hydrogen) atoms. The zero-order chi connectivity index (χ0) is 24.4. The van der Waals surface area contributed by atoms with Crippen molar-refractivity contribution in [3.05, 3.63) is 108 Å². The summed E-state index contributed by atoms with van der Waals surface area (Å²) in [5.74, 6) is 0.520. The molecule has 2 aromatic heterocycles. The number of carbonyl (C=O) groups excluding carboxylic acids is 1. The molecule has 6 heteroatoms. The van der Waals surface area contributed by atoms with Gasteiger partial charge in [0.15, 0.2) is 5.65 Å². The smallest absolute Gasteiger partial charge is 0.270 e. The van der Waals surface area contributed by atoms with E-state index >= 15 is 0 Å². The minimum absolute atomic E-state index is 0.161. The molecule has 1 N–H and O–H groups in total. The molecule has 1 atom stereocenters. The topological polar surface area (TPSA) is 68.5 Å². The summed E-state index contributed by atoms with van der Waals surface area (Å²) in [5.41, 5.74) is 6.44. The van der Waals surface area contributed by atoms with Crippen LogP contribution in [0.25, 0.3) is 28.0 Å². The van der Waals surface area contributed by atoms with E-state index in [0.29, 0.717) is 11.3 Å². The number of hydrogen-bond donors (Lipinski definition) is 1. The Bertz CT molecular complexity index is 1480. The summed E-state index contributed by atoms with van der Waals surface area (Å²) in [6.45, 7) is 3.93. The number of amides is 1. The van der Waals surface area contributed by atoms with E-state index in [9.17, 15) is 4.79 Å². The van der Waals surface area contributed by atoms with Crippen molar-refractivity contribution < 1.29 is 9.53 Å². The second kappa shape index (κ2) is 9.43. The van der Waals surface area contributed by atoms with Gasteiger partial charge in [-0.2, -0.15) is 5.10 Å². The lowest BCUT2D eigenvalue weighted by Gasteiger charge is -2.15. The molecule has 0 fully saturated rings. The summed E-state index contributed by atoms with van der Waals surface area (Å²) in [6.07, 6.45) is 0. The van der Waals surface area contributed by atoms with Crippen LogP contribution in [0.2, 0.25) is 0 Å². The van der Waals surface area contributed by atoms with Gasteiger partial charge in [0.05, 0.1) is 24.5 Å². The van der Waals surface area contributed by atoms with Crippen LogP contribution in [0.5, 0.6) is 5.75 Å². The molecule has 0 spiro atoms. The average Bonchev–Trinajstić information content (AvgIpc) is 3.24. The lowest BCUT2D eigenvalue weighted by atomic mass is 10.1. The lowest BCUT2D eigenvalue weighted by Crippen LogP contribution is -2.27. The molecule has 3 aromatic carbocycles. The SMILES string of the molecule is COc1ccc(-c2cc(C(=O)N[C@@H](C)c3ccccc3)nc3c(-c4ccccc4)c(C)nn23)cc1. The van der Waals surface area contributed by atoms with Crippen LogP contribution >= 0.6 is 0 Å². The molecule has 6 nitrogen and oxygen atoms in total. The van der Waals surface area contributed by atoms with Gasteiger partial charge in [-0.15, -0.1) is 0 Å². The zero-order valence-electron chi connectivity index (χ0n) is 19.9. The summed E-state index contributed by atoms with van der Waals surface area (Å²) < 4.78 is 7.14. The maximum atomic E-state index is 13.4. The maximum Gasteiger partial charge on any atom is 0.270 e. The average molecular weight is 463 g/mol. The Morgan fingerprint density at radius 2 is 1.57 bits per heavy atom. The van der Waals surface area contributed by atoms with E-state index in [4.69, 9.17) is 14.8 Å². The molecule has 174 valence electrons. The minimum atomic E-state index is -0.239. The molecule has 0 bridgehead atoms. The Balaban J connectivity index is 1.65. The second-order valence-corrected chi connectivity index (χ2v) is 8.42. The zero-order valence-corrected chi connectivity index (χ0v) is 19.9. The van der Waals surface area contributed by atoms with Crippen molar-refractivity contribution in [3.63, 3.8) is 0 Å². The highest BCUT2D eigenvalue weighted by atomic mass is 16.5. The van der Waals surface area contributed by atoms with Crippen LogP contribution in [0.3, 0.4) is 0 Å². The van der Waals surface area contributed by atoms with Gasteiger partial charge in [0.25, 0.3) is 5.91 Å². The van der Waals surface area contributed by atoms with E-state index in [0.717, 1.165) is 39.4 Å². The number of aryl methyl sites for hydroxylation is 1. The van der Waals surface area contributed by atoms with Gasteiger partial charge in [0, 0.05) is 11.1 Å². The first kappa shape index (κ1) is 22.3. The molecule has 0 aliphatic heterocycles. The van der Waals surface area contributed by atoms with Crippen LogP contribution in [0.4, 0.5) is 0 Å². The number of rotatable bonds is 6. The third kappa shape index (κ3) is 4.38. The first-order chi connectivity index (χ1) is 17.0. The normalized spacial score (nSPS) is 11.9. The van der Waals surface area contributed by atoms with E-state index in [1.54, 1.807) is 13.2 Å². The van der Waals surface area contributed by atoms with Crippen molar-refractivity contribution >= 4 is 11.6 Å². The summed E-state index contributed by atoms with van der Waals surface area (Å²) in [6, 6.07) is 29.2. The van der Waals surface area contributed by atoms with Gasteiger partial charge in [-0.05, 0) is 55.3 Å². The molecule has 0 aliphatic carbocycles. The van der Waals surface area contributed by atoms with Gasteiger partial charge in [-0.1, -0.05) is 60.7 Å². The highest BCUT2D eigenvalue weighted by Gasteiger charge is 2.21. The molecular weight excluding hydrogens is 436 g/mol. The molecule has 2 heterocycles. The largest absolute Gasteiger partial charge is 0.497 e. The van der Waals surface area contributed by atoms with Gasteiger partial charge in [-0.3, -0.25) is 4.79 Å². The number of aromatic nitrogens is 3. The molecule has 0 saturated carbocycles. The Kier molecular flexibility index (Phi) is 6.02. The Labute approximate surface area is 204 Å². The van der Waals surface area contributed by atoms with E-state index in [2.05, 4.69) is 5.32 Å². The fraction of sp³-hybridized carbons (Fsp3) is 0.138. The molecule has 0 aliphatic rings. The number of ether oxygens (including phenoxy) is 1. The summed E-state index contributed by atoms with van der Waals surface area (Å²) in [7, 11) is 1.64. The maximum absolute atomic E-state index is 13.4. The first-order valence-electron chi connectivity index (χ1n) is 11.5. The van der Waals surface area contributed by atoms with Crippen LogP contribution in [0.15, 0.2) is 91.0 Å².